The summed E-state index contributed by atoms with van der Waals surface area (Å²) >= 11 is 5.84. The zero-order chi connectivity index (χ0) is 21.6. The SMILES string of the molecule is Cc1nc(Nc2ccc(NC(=O)COc3ccc(Cl)cc3)cc2)cc(N2CCCC2)n1. The largest absolute Gasteiger partial charge is 0.484 e. The molecule has 2 heterocycles. The van der Waals surface area contributed by atoms with Crippen LogP contribution in [-0.2, 0) is 4.79 Å². The molecule has 0 radical (unpaired) electrons. The van der Waals surface area contributed by atoms with Crippen LogP contribution in [-0.4, -0.2) is 35.6 Å². The maximum atomic E-state index is 12.1. The van der Waals surface area contributed by atoms with Crippen LogP contribution in [0.3, 0.4) is 0 Å². The number of carbonyl (C=O) groups excluding carboxylic acids is 1. The molecule has 1 fully saturated rings. The molecule has 3 aromatic rings. The van der Waals surface area contributed by atoms with Crippen molar-refractivity contribution in [3.8, 4) is 5.75 Å². The first-order chi connectivity index (χ1) is 15.0. The summed E-state index contributed by atoms with van der Waals surface area (Å²) in [5.41, 5.74) is 1.56. The highest BCUT2D eigenvalue weighted by Crippen LogP contribution is 2.23. The quantitative estimate of drug-likeness (QED) is 0.552. The number of rotatable bonds is 7. The summed E-state index contributed by atoms with van der Waals surface area (Å²) in [5.74, 6) is 2.79. The first kappa shape index (κ1) is 20.9. The molecule has 7 nitrogen and oxygen atoms in total. The lowest BCUT2D eigenvalue weighted by atomic mass is 10.2. The van der Waals surface area contributed by atoms with Crippen molar-refractivity contribution < 1.29 is 9.53 Å². The smallest absolute Gasteiger partial charge is 0.262 e. The van der Waals surface area contributed by atoms with E-state index in [0.29, 0.717) is 16.5 Å². The van der Waals surface area contributed by atoms with Crippen molar-refractivity contribution in [2.24, 2.45) is 0 Å². The molecule has 0 spiro atoms. The van der Waals surface area contributed by atoms with Crippen molar-refractivity contribution in [3.63, 3.8) is 0 Å². The van der Waals surface area contributed by atoms with E-state index in [9.17, 15) is 4.79 Å². The van der Waals surface area contributed by atoms with Gasteiger partial charge in [0, 0.05) is 35.6 Å². The van der Waals surface area contributed by atoms with Crippen molar-refractivity contribution >= 4 is 40.5 Å². The van der Waals surface area contributed by atoms with E-state index in [0.717, 1.165) is 36.2 Å². The second kappa shape index (κ2) is 9.66. The summed E-state index contributed by atoms with van der Waals surface area (Å²) in [7, 11) is 0. The molecule has 0 bridgehead atoms. The second-order valence-corrected chi connectivity index (χ2v) is 7.78. The fraction of sp³-hybridized carbons (Fsp3) is 0.261. The molecule has 1 aliphatic rings. The van der Waals surface area contributed by atoms with Gasteiger partial charge >= 0.3 is 0 Å². The molecule has 0 unspecified atom stereocenters. The number of aryl methyl sites for hydroxylation is 1. The number of hydrogen-bond acceptors (Lipinski definition) is 6. The number of carbonyl (C=O) groups is 1. The van der Waals surface area contributed by atoms with Crippen LogP contribution < -0.4 is 20.3 Å². The number of hydrogen-bond donors (Lipinski definition) is 2. The lowest BCUT2D eigenvalue weighted by Crippen LogP contribution is -2.20. The van der Waals surface area contributed by atoms with Gasteiger partial charge in [-0.3, -0.25) is 4.79 Å². The molecule has 1 aliphatic heterocycles. The lowest BCUT2D eigenvalue weighted by Gasteiger charge is -2.18. The molecule has 1 saturated heterocycles. The van der Waals surface area contributed by atoms with E-state index >= 15 is 0 Å². The summed E-state index contributed by atoms with van der Waals surface area (Å²) in [5, 5.41) is 6.75. The molecular weight excluding hydrogens is 414 g/mol. The Kier molecular flexibility index (Phi) is 6.52. The van der Waals surface area contributed by atoms with Crippen LogP contribution in [0.15, 0.2) is 54.6 Å². The highest BCUT2D eigenvalue weighted by atomic mass is 35.5. The Morgan fingerprint density at radius 2 is 1.71 bits per heavy atom. The van der Waals surface area contributed by atoms with Crippen LogP contribution in [0, 0.1) is 6.92 Å². The number of nitrogens with one attached hydrogen (secondary N) is 2. The molecule has 1 amide bonds. The Bertz CT molecular complexity index is 1030. The van der Waals surface area contributed by atoms with Crippen molar-refractivity contribution in [3.05, 3.63) is 65.4 Å². The third-order valence-electron chi connectivity index (χ3n) is 4.88. The van der Waals surface area contributed by atoms with E-state index in [-0.39, 0.29) is 12.5 Å². The van der Waals surface area contributed by atoms with Crippen LogP contribution in [0.5, 0.6) is 5.75 Å². The molecule has 31 heavy (non-hydrogen) atoms. The molecule has 0 atom stereocenters. The summed E-state index contributed by atoms with van der Waals surface area (Å²) in [6, 6.07) is 16.3. The Morgan fingerprint density at radius 3 is 2.42 bits per heavy atom. The first-order valence-corrected chi connectivity index (χ1v) is 10.6. The molecule has 1 aromatic heterocycles. The van der Waals surface area contributed by atoms with Gasteiger partial charge < -0.3 is 20.3 Å². The van der Waals surface area contributed by atoms with E-state index < -0.39 is 0 Å². The lowest BCUT2D eigenvalue weighted by molar-refractivity contribution is -0.118. The monoisotopic (exact) mass is 437 g/mol. The Labute approximate surface area is 186 Å². The molecule has 0 saturated carbocycles. The van der Waals surface area contributed by atoms with Crippen LogP contribution in [0.25, 0.3) is 0 Å². The number of anilines is 4. The van der Waals surface area contributed by atoms with Gasteiger partial charge in [0.2, 0.25) is 0 Å². The van der Waals surface area contributed by atoms with Crippen LogP contribution >= 0.6 is 11.6 Å². The predicted octanol–water partition coefficient (Wildman–Crippen LogP) is 4.80. The maximum absolute atomic E-state index is 12.1. The molecule has 2 N–H and O–H groups in total. The van der Waals surface area contributed by atoms with E-state index in [4.69, 9.17) is 16.3 Å². The van der Waals surface area contributed by atoms with Crippen LogP contribution in [0.2, 0.25) is 5.02 Å². The fourth-order valence-electron chi connectivity index (χ4n) is 3.39. The van der Waals surface area contributed by atoms with E-state index in [1.165, 1.54) is 12.8 Å². The maximum Gasteiger partial charge on any atom is 0.262 e. The van der Waals surface area contributed by atoms with Gasteiger partial charge in [0.25, 0.3) is 5.91 Å². The number of aromatic nitrogens is 2. The zero-order valence-corrected chi connectivity index (χ0v) is 18.0. The van der Waals surface area contributed by atoms with Crippen molar-refractivity contribution in [2.45, 2.75) is 19.8 Å². The van der Waals surface area contributed by atoms with Crippen molar-refractivity contribution in [2.75, 3.05) is 35.2 Å². The minimum Gasteiger partial charge on any atom is -0.484 e. The topological polar surface area (TPSA) is 79.4 Å². The Morgan fingerprint density at radius 1 is 1.03 bits per heavy atom. The van der Waals surface area contributed by atoms with Gasteiger partial charge in [0.1, 0.15) is 23.2 Å². The second-order valence-electron chi connectivity index (χ2n) is 7.35. The summed E-state index contributed by atoms with van der Waals surface area (Å²) in [6.45, 7) is 3.88. The number of amides is 1. The van der Waals surface area contributed by atoms with Crippen LogP contribution in [0.4, 0.5) is 23.0 Å². The molecular formula is C23H24ClN5O2. The molecule has 2 aromatic carbocycles. The van der Waals surface area contributed by atoms with Gasteiger partial charge in [-0.2, -0.15) is 0 Å². The zero-order valence-electron chi connectivity index (χ0n) is 17.3. The molecule has 0 aliphatic carbocycles. The predicted molar refractivity (Wildman–Crippen MR) is 124 cm³/mol. The number of benzene rings is 2. The summed E-state index contributed by atoms with van der Waals surface area (Å²) in [4.78, 5) is 23.5. The van der Waals surface area contributed by atoms with Gasteiger partial charge in [-0.25, -0.2) is 9.97 Å². The van der Waals surface area contributed by atoms with E-state index in [1.54, 1.807) is 24.3 Å². The Hall–Kier alpha value is -3.32. The highest BCUT2D eigenvalue weighted by Gasteiger charge is 2.15. The number of nitrogens with zero attached hydrogens (tertiary/aromatic N) is 3. The molecule has 4 rings (SSSR count). The molecule has 160 valence electrons. The van der Waals surface area contributed by atoms with Gasteiger partial charge in [-0.05, 0) is 68.3 Å². The highest BCUT2D eigenvalue weighted by molar-refractivity contribution is 6.30. The third kappa shape index (κ3) is 5.86. The third-order valence-corrected chi connectivity index (χ3v) is 5.13. The number of ether oxygens (including phenoxy) is 1. The average molecular weight is 438 g/mol. The Balaban J connectivity index is 1.33. The number of halogens is 1. The standard InChI is InChI=1S/C23H24ClN5O2/c1-16-25-21(14-22(26-16)29-12-2-3-13-29)27-18-6-8-19(9-7-18)28-23(30)15-31-20-10-4-17(24)5-11-20/h4-11,14H,2-3,12-13,15H2,1H3,(H,28,30)(H,25,26,27). The first-order valence-electron chi connectivity index (χ1n) is 10.2. The van der Waals surface area contributed by atoms with Gasteiger partial charge in [0.05, 0.1) is 0 Å². The van der Waals surface area contributed by atoms with E-state index in [1.807, 2.05) is 37.3 Å². The van der Waals surface area contributed by atoms with Crippen molar-refractivity contribution in [1.82, 2.24) is 9.97 Å². The van der Waals surface area contributed by atoms with Gasteiger partial charge in [0.15, 0.2) is 6.61 Å². The summed E-state index contributed by atoms with van der Waals surface area (Å²) in [6.07, 6.45) is 2.40. The molecule has 8 heteroatoms. The van der Waals surface area contributed by atoms with Crippen molar-refractivity contribution in [1.29, 1.82) is 0 Å². The van der Waals surface area contributed by atoms with Gasteiger partial charge in [-0.1, -0.05) is 11.6 Å². The van der Waals surface area contributed by atoms with Crippen LogP contribution in [0.1, 0.15) is 18.7 Å². The van der Waals surface area contributed by atoms with E-state index in [2.05, 4.69) is 25.5 Å². The normalized spacial score (nSPS) is 13.2. The van der Waals surface area contributed by atoms with Gasteiger partial charge in [-0.15, -0.1) is 0 Å². The minimum atomic E-state index is -0.239. The summed E-state index contributed by atoms with van der Waals surface area (Å²) < 4.78 is 5.46. The average Bonchev–Trinajstić information content (AvgIpc) is 3.29. The fourth-order valence-corrected chi connectivity index (χ4v) is 3.51. The minimum absolute atomic E-state index is 0.0822.